The van der Waals surface area contributed by atoms with Crippen molar-refractivity contribution in [2.45, 2.75) is 20.4 Å². The molecule has 0 spiro atoms. The predicted molar refractivity (Wildman–Crippen MR) is 66.1 cm³/mol. The molecule has 0 aliphatic rings. The SMILES string of the molecule is Cc1nc(CNc2ncccc2C(N)=O)oc1C. The fourth-order valence-electron chi connectivity index (χ4n) is 1.52. The largest absolute Gasteiger partial charge is 0.444 e. The van der Waals surface area contributed by atoms with Crippen LogP contribution in [0.2, 0.25) is 0 Å². The lowest BCUT2D eigenvalue weighted by Crippen LogP contribution is -2.15. The van der Waals surface area contributed by atoms with Gasteiger partial charge in [0.15, 0.2) is 0 Å². The van der Waals surface area contributed by atoms with Crippen LogP contribution in [0.3, 0.4) is 0 Å². The molecule has 0 atom stereocenters. The van der Waals surface area contributed by atoms with Crippen LogP contribution in [0.25, 0.3) is 0 Å². The maximum atomic E-state index is 11.2. The number of oxazole rings is 1. The zero-order chi connectivity index (χ0) is 13.1. The van der Waals surface area contributed by atoms with Crippen LogP contribution in [-0.2, 0) is 6.54 Å². The minimum atomic E-state index is -0.523. The van der Waals surface area contributed by atoms with Crippen molar-refractivity contribution in [3.63, 3.8) is 0 Å². The Hall–Kier alpha value is -2.37. The van der Waals surface area contributed by atoms with E-state index in [2.05, 4.69) is 15.3 Å². The van der Waals surface area contributed by atoms with Crippen molar-refractivity contribution < 1.29 is 9.21 Å². The quantitative estimate of drug-likeness (QED) is 0.850. The number of amides is 1. The molecule has 0 radical (unpaired) electrons. The van der Waals surface area contributed by atoms with E-state index in [4.69, 9.17) is 10.2 Å². The number of nitrogens with two attached hydrogens (primary N) is 1. The van der Waals surface area contributed by atoms with Gasteiger partial charge in [-0.2, -0.15) is 0 Å². The second-order valence-corrected chi connectivity index (χ2v) is 3.87. The summed E-state index contributed by atoms with van der Waals surface area (Å²) >= 11 is 0. The molecule has 0 aliphatic heterocycles. The van der Waals surface area contributed by atoms with E-state index in [1.807, 2.05) is 13.8 Å². The first-order chi connectivity index (χ1) is 8.58. The number of hydrogen-bond donors (Lipinski definition) is 2. The number of anilines is 1. The molecule has 0 bridgehead atoms. The van der Waals surface area contributed by atoms with Crippen LogP contribution in [0.15, 0.2) is 22.7 Å². The average Bonchev–Trinajstić information content (AvgIpc) is 2.66. The number of primary amides is 1. The third-order valence-electron chi connectivity index (χ3n) is 2.55. The van der Waals surface area contributed by atoms with Crippen molar-refractivity contribution in [3.8, 4) is 0 Å². The van der Waals surface area contributed by atoms with E-state index in [9.17, 15) is 4.79 Å². The molecule has 6 heteroatoms. The number of rotatable bonds is 4. The molecule has 2 aromatic rings. The van der Waals surface area contributed by atoms with Crippen LogP contribution >= 0.6 is 0 Å². The van der Waals surface area contributed by atoms with Gasteiger partial charge in [0.1, 0.15) is 11.6 Å². The number of carbonyl (C=O) groups is 1. The smallest absolute Gasteiger partial charge is 0.252 e. The summed E-state index contributed by atoms with van der Waals surface area (Å²) in [5, 5.41) is 2.98. The van der Waals surface area contributed by atoms with Gasteiger partial charge < -0.3 is 15.5 Å². The van der Waals surface area contributed by atoms with E-state index in [-0.39, 0.29) is 0 Å². The maximum absolute atomic E-state index is 11.2. The summed E-state index contributed by atoms with van der Waals surface area (Å²) in [5.41, 5.74) is 6.45. The van der Waals surface area contributed by atoms with Gasteiger partial charge in [-0.1, -0.05) is 0 Å². The second kappa shape index (κ2) is 4.87. The Labute approximate surface area is 104 Å². The van der Waals surface area contributed by atoms with Crippen LogP contribution in [0.5, 0.6) is 0 Å². The molecule has 0 saturated heterocycles. The van der Waals surface area contributed by atoms with Crippen LogP contribution in [0.1, 0.15) is 27.7 Å². The summed E-state index contributed by atoms with van der Waals surface area (Å²) in [4.78, 5) is 19.5. The Balaban J connectivity index is 2.13. The summed E-state index contributed by atoms with van der Waals surface area (Å²) in [6, 6.07) is 3.27. The first-order valence-electron chi connectivity index (χ1n) is 5.49. The lowest BCUT2D eigenvalue weighted by Gasteiger charge is -2.06. The zero-order valence-corrected chi connectivity index (χ0v) is 10.2. The summed E-state index contributed by atoms with van der Waals surface area (Å²) in [7, 11) is 0. The van der Waals surface area contributed by atoms with Gasteiger partial charge in [-0.15, -0.1) is 0 Å². The van der Waals surface area contributed by atoms with Gasteiger partial charge in [0.2, 0.25) is 5.89 Å². The Morgan fingerprint density at radius 1 is 1.50 bits per heavy atom. The molecule has 1 amide bonds. The molecule has 2 heterocycles. The Kier molecular flexibility index (Phi) is 3.27. The molecule has 0 aliphatic carbocycles. The summed E-state index contributed by atoms with van der Waals surface area (Å²) in [6.45, 7) is 4.07. The van der Waals surface area contributed by atoms with Crippen LogP contribution in [0, 0.1) is 13.8 Å². The van der Waals surface area contributed by atoms with Gasteiger partial charge >= 0.3 is 0 Å². The number of hydrogen-bond acceptors (Lipinski definition) is 5. The minimum Gasteiger partial charge on any atom is -0.444 e. The van der Waals surface area contributed by atoms with Gasteiger partial charge in [-0.3, -0.25) is 4.79 Å². The van der Waals surface area contributed by atoms with E-state index in [0.29, 0.717) is 23.8 Å². The fourth-order valence-corrected chi connectivity index (χ4v) is 1.52. The molecule has 94 valence electrons. The van der Waals surface area contributed by atoms with Crippen molar-refractivity contribution in [2.75, 3.05) is 5.32 Å². The Morgan fingerprint density at radius 3 is 2.89 bits per heavy atom. The monoisotopic (exact) mass is 246 g/mol. The Morgan fingerprint density at radius 2 is 2.28 bits per heavy atom. The van der Waals surface area contributed by atoms with Crippen molar-refractivity contribution in [3.05, 3.63) is 41.2 Å². The number of aromatic nitrogens is 2. The molecule has 6 nitrogen and oxygen atoms in total. The number of nitrogens with one attached hydrogen (secondary N) is 1. The number of aryl methyl sites for hydroxylation is 2. The molecule has 2 aromatic heterocycles. The molecule has 18 heavy (non-hydrogen) atoms. The van der Waals surface area contributed by atoms with Crippen LogP contribution in [0.4, 0.5) is 5.82 Å². The Bertz CT molecular complexity index is 558. The highest BCUT2D eigenvalue weighted by Gasteiger charge is 2.10. The zero-order valence-electron chi connectivity index (χ0n) is 10.2. The van der Waals surface area contributed by atoms with E-state index < -0.39 is 5.91 Å². The van der Waals surface area contributed by atoms with E-state index in [1.54, 1.807) is 18.3 Å². The van der Waals surface area contributed by atoms with Gasteiger partial charge in [-0.05, 0) is 26.0 Å². The lowest BCUT2D eigenvalue weighted by atomic mass is 10.2. The van der Waals surface area contributed by atoms with Crippen molar-refractivity contribution in [1.82, 2.24) is 9.97 Å². The van der Waals surface area contributed by atoms with Crippen molar-refractivity contribution in [2.24, 2.45) is 5.73 Å². The van der Waals surface area contributed by atoms with Gasteiger partial charge in [-0.25, -0.2) is 9.97 Å². The van der Waals surface area contributed by atoms with Crippen molar-refractivity contribution in [1.29, 1.82) is 0 Å². The fraction of sp³-hybridized carbons (Fsp3) is 0.250. The lowest BCUT2D eigenvalue weighted by molar-refractivity contribution is 0.100. The van der Waals surface area contributed by atoms with Crippen LogP contribution < -0.4 is 11.1 Å². The average molecular weight is 246 g/mol. The number of pyridine rings is 1. The van der Waals surface area contributed by atoms with Gasteiger partial charge in [0, 0.05) is 6.20 Å². The normalized spacial score (nSPS) is 10.3. The highest BCUT2D eigenvalue weighted by molar-refractivity contribution is 5.97. The molecule has 0 saturated carbocycles. The summed E-state index contributed by atoms with van der Waals surface area (Å²) in [5.74, 6) is 1.23. The molecular weight excluding hydrogens is 232 g/mol. The maximum Gasteiger partial charge on any atom is 0.252 e. The number of nitrogens with zero attached hydrogens (tertiary/aromatic N) is 2. The standard InChI is InChI=1S/C12H14N4O2/c1-7-8(2)18-10(16-7)6-15-12-9(11(13)17)4-3-5-14-12/h3-5H,6H2,1-2H3,(H2,13,17)(H,14,15). The van der Waals surface area contributed by atoms with Crippen molar-refractivity contribution >= 4 is 11.7 Å². The molecule has 0 fully saturated rings. The molecular formula is C12H14N4O2. The van der Waals surface area contributed by atoms with E-state index >= 15 is 0 Å². The summed E-state index contributed by atoms with van der Waals surface area (Å²) < 4.78 is 5.42. The molecule has 2 rings (SSSR count). The van der Waals surface area contributed by atoms with Crippen LogP contribution in [-0.4, -0.2) is 15.9 Å². The topological polar surface area (TPSA) is 94.0 Å². The minimum absolute atomic E-state index is 0.345. The van der Waals surface area contributed by atoms with E-state index in [1.165, 1.54) is 0 Å². The van der Waals surface area contributed by atoms with Gasteiger partial charge in [0.05, 0.1) is 17.8 Å². The molecule has 0 aromatic carbocycles. The summed E-state index contributed by atoms with van der Waals surface area (Å²) in [6.07, 6.45) is 1.58. The third kappa shape index (κ3) is 2.48. The molecule has 3 N–H and O–H groups in total. The van der Waals surface area contributed by atoms with E-state index in [0.717, 1.165) is 11.5 Å². The number of carbonyl (C=O) groups excluding carboxylic acids is 1. The van der Waals surface area contributed by atoms with Gasteiger partial charge in [0.25, 0.3) is 5.91 Å². The first kappa shape index (κ1) is 12.1. The highest BCUT2D eigenvalue weighted by Crippen LogP contribution is 2.13. The highest BCUT2D eigenvalue weighted by atomic mass is 16.4. The second-order valence-electron chi connectivity index (χ2n) is 3.87. The first-order valence-corrected chi connectivity index (χ1v) is 5.49. The third-order valence-corrected chi connectivity index (χ3v) is 2.55. The molecule has 0 unspecified atom stereocenters. The predicted octanol–water partition coefficient (Wildman–Crippen LogP) is 1.40.